The standard InChI is InChI=1S/C19H27ClN4O3/c1-13(19(26)22-15-5-6-17(27-2)16(20)11-15)24-9-7-23(8-10-24)12-18(25)21-14-3-4-14/h5-6,11,13-14H,3-4,7-10,12H2,1-2H3,(H,21,25)(H,22,26)/t13-/m0/s1. The zero-order valence-corrected chi connectivity index (χ0v) is 16.6. The number of amides is 2. The summed E-state index contributed by atoms with van der Waals surface area (Å²) in [6.07, 6.45) is 2.21. The Morgan fingerprint density at radius 2 is 1.96 bits per heavy atom. The maximum atomic E-state index is 12.6. The summed E-state index contributed by atoms with van der Waals surface area (Å²) in [7, 11) is 1.55. The minimum atomic E-state index is -0.256. The lowest BCUT2D eigenvalue weighted by atomic mass is 10.2. The molecule has 1 aliphatic heterocycles. The van der Waals surface area contributed by atoms with Crippen LogP contribution in [0.2, 0.25) is 5.02 Å². The lowest BCUT2D eigenvalue weighted by molar-refractivity contribution is -0.124. The maximum Gasteiger partial charge on any atom is 0.241 e. The molecule has 8 heteroatoms. The predicted octanol–water partition coefficient (Wildman–Crippen LogP) is 1.57. The van der Waals surface area contributed by atoms with E-state index in [1.54, 1.807) is 25.3 Å². The van der Waals surface area contributed by atoms with Crippen LogP contribution in [0, 0.1) is 0 Å². The lowest BCUT2D eigenvalue weighted by Crippen LogP contribution is -2.54. The summed E-state index contributed by atoms with van der Waals surface area (Å²) in [5.41, 5.74) is 0.646. The highest BCUT2D eigenvalue weighted by Crippen LogP contribution is 2.27. The summed E-state index contributed by atoms with van der Waals surface area (Å²) >= 11 is 6.11. The van der Waals surface area contributed by atoms with Crippen molar-refractivity contribution in [3.8, 4) is 5.75 Å². The van der Waals surface area contributed by atoms with Gasteiger partial charge in [0.25, 0.3) is 0 Å². The van der Waals surface area contributed by atoms with Gasteiger partial charge in [-0.05, 0) is 38.0 Å². The van der Waals surface area contributed by atoms with Crippen LogP contribution in [0.25, 0.3) is 0 Å². The van der Waals surface area contributed by atoms with Crippen LogP contribution < -0.4 is 15.4 Å². The Hall–Kier alpha value is -1.83. The van der Waals surface area contributed by atoms with Crippen LogP contribution in [0.3, 0.4) is 0 Å². The molecule has 0 aromatic heterocycles. The van der Waals surface area contributed by atoms with Gasteiger partial charge < -0.3 is 15.4 Å². The van der Waals surface area contributed by atoms with E-state index >= 15 is 0 Å². The monoisotopic (exact) mass is 394 g/mol. The van der Waals surface area contributed by atoms with Crippen molar-refractivity contribution in [1.82, 2.24) is 15.1 Å². The molecule has 0 unspecified atom stereocenters. The van der Waals surface area contributed by atoms with E-state index in [0.29, 0.717) is 29.0 Å². The molecule has 1 aromatic carbocycles. The smallest absolute Gasteiger partial charge is 0.241 e. The van der Waals surface area contributed by atoms with Crippen molar-refractivity contribution in [2.45, 2.75) is 31.8 Å². The molecule has 0 bridgehead atoms. The molecule has 1 saturated carbocycles. The number of hydrogen-bond donors (Lipinski definition) is 2. The van der Waals surface area contributed by atoms with Crippen LogP contribution in [-0.4, -0.2) is 73.5 Å². The molecule has 2 fully saturated rings. The quantitative estimate of drug-likeness (QED) is 0.734. The first-order valence-electron chi connectivity index (χ1n) is 9.36. The van der Waals surface area contributed by atoms with Crippen molar-refractivity contribution in [3.63, 3.8) is 0 Å². The number of ether oxygens (including phenoxy) is 1. The van der Waals surface area contributed by atoms with Crippen molar-refractivity contribution in [1.29, 1.82) is 0 Å². The first kappa shape index (κ1) is 19.9. The van der Waals surface area contributed by atoms with E-state index in [0.717, 1.165) is 39.0 Å². The van der Waals surface area contributed by atoms with Gasteiger partial charge >= 0.3 is 0 Å². The van der Waals surface area contributed by atoms with Gasteiger partial charge in [0.2, 0.25) is 11.8 Å². The number of nitrogens with zero attached hydrogens (tertiary/aromatic N) is 2. The largest absolute Gasteiger partial charge is 0.495 e. The molecule has 148 valence electrons. The average Bonchev–Trinajstić information content (AvgIpc) is 3.45. The van der Waals surface area contributed by atoms with E-state index in [2.05, 4.69) is 20.4 Å². The second kappa shape index (κ2) is 8.91. The summed E-state index contributed by atoms with van der Waals surface area (Å²) in [6.45, 7) is 5.42. The first-order valence-corrected chi connectivity index (χ1v) is 9.74. The van der Waals surface area contributed by atoms with Crippen LogP contribution in [0.5, 0.6) is 5.75 Å². The molecule has 3 rings (SSSR count). The number of nitrogens with one attached hydrogen (secondary N) is 2. The summed E-state index contributed by atoms with van der Waals surface area (Å²) in [5, 5.41) is 6.38. The van der Waals surface area contributed by atoms with Gasteiger partial charge in [0.05, 0.1) is 24.7 Å². The average molecular weight is 395 g/mol. The molecule has 2 aliphatic rings. The second-order valence-corrected chi connectivity index (χ2v) is 7.58. The molecule has 1 aromatic rings. The highest BCUT2D eigenvalue weighted by atomic mass is 35.5. The van der Waals surface area contributed by atoms with Crippen molar-refractivity contribution >= 4 is 29.1 Å². The molecular formula is C19H27ClN4O3. The van der Waals surface area contributed by atoms with Gasteiger partial charge in [-0.25, -0.2) is 0 Å². The minimum absolute atomic E-state index is 0.0730. The third-order valence-electron chi connectivity index (χ3n) is 5.06. The number of benzene rings is 1. The molecule has 27 heavy (non-hydrogen) atoms. The van der Waals surface area contributed by atoms with E-state index < -0.39 is 0 Å². The molecule has 0 radical (unpaired) electrons. The highest BCUT2D eigenvalue weighted by Gasteiger charge is 2.28. The Morgan fingerprint density at radius 1 is 1.26 bits per heavy atom. The van der Waals surface area contributed by atoms with Crippen molar-refractivity contribution in [2.75, 3.05) is 45.2 Å². The van der Waals surface area contributed by atoms with Crippen molar-refractivity contribution in [3.05, 3.63) is 23.2 Å². The van der Waals surface area contributed by atoms with Crippen LogP contribution in [0.4, 0.5) is 5.69 Å². The summed E-state index contributed by atoms with van der Waals surface area (Å²) in [4.78, 5) is 28.7. The molecular weight excluding hydrogens is 368 g/mol. The van der Waals surface area contributed by atoms with Gasteiger partial charge in [-0.3, -0.25) is 19.4 Å². The number of hydrogen-bond acceptors (Lipinski definition) is 5. The predicted molar refractivity (Wildman–Crippen MR) is 105 cm³/mol. The van der Waals surface area contributed by atoms with E-state index in [1.807, 2.05) is 6.92 Å². The molecule has 1 heterocycles. The second-order valence-electron chi connectivity index (χ2n) is 7.17. The van der Waals surface area contributed by atoms with Crippen LogP contribution in [-0.2, 0) is 9.59 Å². The molecule has 2 N–H and O–H groups in total. The SMILES string of the molecule is COc1ccc(NC(=O)[C@H](C)N2CCN(CC(=O)NC3CC3)CC2)cc1Cl. The normalized spacial score (nSPS) is 19.4. The van der Waals surface area contributed by atoms with Gasteiger partial charge in [0.15, 0.2) is 0 Å². The van der Waals surface area contributed by atoms with Gasteiger partial charge in [0, 0.05) is 37.9 Å². The summed E-state index contributed by atoms with van der Waals surface area (Å²) in [5.74, 6) is 0.605. The number of piperazine rings is 1. The molecule has 2 amide bonds. The van der Waals surface area contributed by atoms with Gasteiger partial charge in [-0.2, -0.15) is 0 Å². The number of carbonyl (C=O) groups is 2. The molecule has 1 aliphatic carbocycles. The fourth-order valence-corrected chi connectivity index (χ4v) is 3.43. The molecule has 1 saturated heterocycles. The van der Waals surface area contributed by atoms with E-state index in [1.165, 1.54) is 0 Å². The first-order chi connectivity index (χ1) is 13.0. The Labute approximate surface area is 165 Å². The van der Waals surface area contributed by atoms with Crippen LogP contribution in [0.15, 0.2) is 18.2 Å². The van der Waals surface area contributed by atoms with Crippen LogP contribution >= 0.6 is 11.6 Å². The maximum absolute atomic E-state index is 12.6. The van der Waals surface area contributed by atoms with Gasteiger partial charge in [-0.15, -0.1) is 0 Å². The fourth-order valence-electron chi connectivity index (χ4n) is 3.17. The highest BCUT2D eigenvalue weighted by molar-refractivity contribution is 6.32. The van der Waals surface area contributed by atoms with Gasteiger partial charge in [-0.1, -0.05) is 11.6 Å². The van der Waals surface area contributed by atoms with Crippen molar-refractivity contribution < 1.29 is 14.3 Å². The zero-order chi connectivity index (χ0) is 19.4. The molecule has 7 nitrogen and oxygen atoms in total. The Kier molecular flexibility index (Phi) is 6.57. The Morgan fingerprint density at radius 3 is 2.56 bits per heavy atom. The van der Waals surface area contributed by atoms with Gasteiger partial charge in [0.1, 0.15) is 5.75 Å². The van der Waals surface area contributed by atoms with Crippen molar-refractivity contribution in [2.24, 2.45) is 0 Å². The number of methoxy groups -OCH3 is 1. The number of anilines is 1. The van der Waals surface area contributed by atoms with E-state index in [9.17, 15) is 9.59 Å². The summed E-state index contributed by atoms with van der Waals surface area (Å²) in [6, 6.07) is 5.32. The minimum Gasteiger partial charge on any atom is -0.495 e. The number of halogens is 1. The topological polar surface area (TPSA) is 73.9 Å². The summed E-state index contributed by atoms with van der Waals surface area (Å²) < 4.78 is 5.12. The number of carbonyl (C=O) groups excluding carboxylic acids is 2. The Bertz CT molecular complexity index is 688. The van der Waals surface area contributed by atoms with E-state index in [4.69, 9.17) is 16.3 Å². The molecule has 1 atom stereocenters. The third kappa shape index (κ3) is 5.57. The Balaban J connectivity index is 1.45. The fraction of sp³-hybridized carbons (Fsp3) is 0.579. The lowest BCUT2D eigenvalue weighted by Gasteiger charge is -2.37. The zero-order valence-electron chi connectivity index (χ0n) is 15.8. The molecule has 0 spiro atoms. The number of rotatable bonds is 7. The van der Waals surface area contributed by atoms with Crippen LogP contribution in [0.1, 0.15) is 19.8 Å². The third-order valence-corrected chi connectivity index (χ3v) is 5.36. The van der Waals surface area contributed by atoms with E-state index in [-0.39, 0.29) is 17.9 Å².